The van der Waals surface area contributed by atoms with E-state index in [-0.39, 0.29) is 18.8 Å². The summed E-state index contributed by atoms with van der Waals surface area (Å²) in [6.07, 6.45) is -2.08. The molecule has 0 bridgehead atoms. The average molecular weight is 418 g/mol. The number of alkyl halides is 2. The highest BCUT2D eigenvalue weighted by Gasteiger charge is 2.18. The number of nitrogens with one attached hydrogen (secondary N) is 1. The van der Waals surface area contributed by atoms with Crippen LogP contribution in [0.3, 0.4) is 0 Å². The Morgan fingerprint density at radius 1 is 1.21 bits per heavy atom. The summed E-state index contributed by atoms with van der Waals surface area (Å²) in [7, 11) is 0. The lowest BCUT2D eigenvalue weighted by Gasteiger charge is -2.11. The van der Waals surface area contributed by atoms with E-state index >= 15 is 0 Å². The van der Waals surface area contributed by atoms with Crippen LogP contribution >= 0.6 is 11.8 Å². The minimum atomic E-state index is -2.68. The van der Waals surface area contributed by atoms with Crippen molar-refractivity contribution in [2.75, 3.05) is 19.4 Å². The van der Waals surface area contributed by atoms with Crippen LogP contribution in [0.1, 0.15) is 12.1 Å². The molecule has 1 heterocycles. The third-order valence-corrected chi connectivity index (χ3v) is 4.80. The molecule has 1 amide bonds. The maximum absolute atomic E-state index is 13.3. The highest BCUT2D eigenvalue weighted by molar-refractivity contribution is 7.98. The van der Waals surface area contributed by atoms with Crippen molar-refractivity contribution in [2.24, 2.45) is 0 Å². The number of halogens is 2. The molecule has 9 heteroatoms. The SMILES string of the molecule is CSc1ccc(-n2nc(C(F)F)cc2-c2ccc(OCCNC(=O)[O-])cc2)cc1. The number of hydrogen-bond donors (Lipinski definition) is 1. The molecule has 6 nitrogen and oxygen atoms in total. The topological polar surface area (TPSA) is 79.2 Å². The van der Waals surface area contributed by atoms with Gasteiger partial charge in [0.1, 0.15) is 24.1 Å². The predicted octanol–water partition coefficient (Wildman–Crippen LogP) is 3.51. The van der Waals surface area contributed by atoms with Crippen molar-refractivity contribution in [2.45, 2.75) is 11.3 Å². The minimum Gasteiger partial charge on any atom is -0.530 e. The summed E-state index contributed by atoms with van der Waals surface area (Å²) in [4.78, 5) is 11.4. The third kappa shape index (κ3) is 5.26. The maximum atomic E-state index is 13.3. The molecule has 0 aliphatic carbocycles. The molecule has 3 rings (SSSR count). The van der Waals surface area contributed by atoms with E-state index in [9.17, 15) is 18.7 Å². The van der Waals surface area contributed by atoms with Gasteiger partial charge in [-0.3, -0.25) is 0 Å². The lowest BCUT2D eigenvalue weighted by Crippen LogP contribution is -2.38. The van der Waals surface area contributed by atoms with Crippen LogP contribution in [-0.2, 0) is 0 Å². The van der Waals surface area contributed by atoms with Crippen molar-refractivity contribution in [1.82, 2.24) is 15.1 Å². The normalized spacial score (nSPS) is 10.9. The molecule has 1 aromatic heterocycles. The van der Waals surface area contributed by atoms with Gasteiger partial charge < -0.3 is 20.0 Å². The van der Waals surface area contributed by atoms with Crippen LogP contribution in [0.2, 0.25) is 0 Å². The molecule has 0 unspecified atom stereocenters. The minimum absolute atomic E-state index is 0.0979. The molecule has 0 radical (unpaired) electrons. The molecule has 0 aliphatic rings. The standard InChI is InChI=1S/C20H19F2N3O3S/c1-29-16-8-4-14(5-9-16)25-18(12-17(24-25)19(21)22)13-2-6-15(7-3-13)28-11-10-23-20(26)27/h2-9,12,19,23H,10-11H2,1H3,(H,26,27)/p-1. The molecule has 29 heavy (non-hydrogen) atoms. The Morgan fingerprint density at radius 2 is 1.90 bits per heavy atom. The first-order valence-electron chi connectivity index (χ1n) is 8.68. The van der Waals surface area contributed by atoms with Crippen LogP contribution < -0.4 is 15.2 Å². The van der Waals surface area contributed by atoms with E-state index in [4.69, 9.17) is 4.74 Å². The summed E-state index contributed by atoms with van der Waals surface area (Å²) in [5.74, 6) is 0.526. The quantitative estimate of drug-likeness (QED) is 0.447. The molecular weight excluding hydrogens is 400 g/mol. The van der Waals surface area contributed by atoms with Crippen molar-refractivity contribution in [3.8, 4) is 22.7 Å². The number of hydrogen-bond acceptors (Lipinski definition) is 5. The van der Waals surface area contributed by atoms with Crippen LogP contribution in [0.25, 0.3) is 16.9 Å². The first kappa shape index (κ1) is 20.7. The molecule has 0 saturated heterocycles. The van der Waals surface area contributed by atoms with Gasteiger partial charge in [0, 0.05) is 10.5 Å². The fourth-order valence-electron chi connectivity index (χ4n) is 2.68. The van der Waals surface area contributed by atoms with E-state index in [1.54, 1.807) is 36.0 Å². The van der Waals surface area contributed by atoms with Crippen LogP contribution in [0, 0.1) is 0 Å². The summed E-state index contributed by atoms with van der Waals surface area (Å²) < 4.78 is 33.4. The van der Waals surface area contributed by atoms with Gasteiger partial charge in [-0.15, -0.1) is 11.8 Å². The van der Waals surface area contributed by atoms with Gasteiger partial charge in [-0.1, -0.05) is 0 Å². The molecule has 3 aromatic rings. The van der Waals surface area contributed by atoms with Crippen LogP contribution in [0.4, 0.5) is 13.6 Å². The number of nitrogens with zero attached hydrogens (tertiary/aromatic N) is 2. The second-order valence-electron chi connectivity index (χ2n) is 5.95. The number of amides is 1. The molecule has 0 saturated carbocycles. The van der Waals surface area contributed by atoms with Crippen molar-refractivity contribution < 1.29 is 23.4 Å². The zero-order valence-corrected chi connectivity index (χ0v) is 16.3. The van der Waals surface area contributed by atoms with Crippen molar-refractivity contribution >= 4 is 17.9 Å². The van der Waals surface area contributed by atoms with E-state index in [0.717, 1.165) is 4.90 Å². The third-order valence-electron chi connectivity index (χ3n) is 4.06. The highest BCUT2D eigenvalue weighted by atomic mass is 32.2. The van der Waals surface area contributed by atoms with Gasteiger partial charge in [-0.25, -0.2) is 13.5 Å². The van der Waals surface area contributed by atoms with Crippen molar-refractivity contribution in [3.05, 3.63) is 60.3 Å². The second-order valence-corrected chi connectivity index (χ2v) is 6.83. The van der Waals surface area contributed by atoms with E-state index in [1.165, 1.54) is 10.7 Å². The lowest BCUT2D eigenvalue weighted by atomic mass is 10.1. The van der Waals surface area contributed by atoms with Gasteiger partial charge in [0.05, 0.1) is 17.9 Å². The summed E-state index contributed by atoms with van der Waals surface area (Å²) in [6, 6.07) is 15.7. The average Bonchev–Trinajstić information content (AvgIpc) is 3.17. The Hall–Kier alpha value is -3.07. The number of carboxylic acid groups (broad SMARTS) is 1. The monoisotopic (exact) mass is 418 g/mol. The molecule has 0 fully saturated rings. The smallest absolute Gasteiger partial charge is 0.282 e. The number of thioether (sulfide) groups is 1. The number of benzene rings is 2. The Balaban J connectivity index is 1.84. The molecule has 152 valence electrons. The van der Waals surface area contributed by atoms with Gasteiger partial charge in [0.15, 0.2) is 0 Å². The largest absolute Gasteiger partial charge is 0.530 e. The Labute approximate surface area is 170 Å². The molecule has 2 aromatic carbocycles. The summed E-state index contributed by atoms with van der Waals surface area (Å²) in [6.45, 7) is 0.239. The van der Waals surface area contributed by atoms with E-state index < -0.39 is 12.5 Å². The van der Waals surface area contributed by atoms with Crippen LogP contribution in [0.15, 0.2) is 59.5 Å². The summed E-state index contributed by atoms with van der Waals surface area (Å²) >= 11 is 1.59. The van der Waals surface area contributed by atoms with Gasteiger partial charge in [0.2, 0.25) is 0 Å². The van der Waals surface area contributed by atoms with Crippen molar-refractivity contribution in [1.29, 1.82) is 0 Å². The Kier molecular flexibility index (Phi) is 6.71. The van der Waals surface area contributed by atoms with Crippen LogP contribution in [-0.4, -0.2) is 35.3 Å². The zero-order chi connectivity index (χ0) is 20.8. The Bertz CT molecular complexity index is 960. The van der Waals surface area contributed by atoms with Gasteiger partial charge in [-0.2, -0.15) is 5.10 Å². The van der Waals surface area contributed by atoms with Crippen LogP contribution in [0.5, 0.6) is 5.75 Å². The number of ether oxygens (including phenoxy) is 1. The number of aromatic nitrogens is 2. The molecule has 0 spiro atoms. The zero-order valence-electron chi connectivity index (χ0n) is 15.5. The van der Waals surface area contributed by atoms with Gasteiger partial charge >= 0.3 is 0 Å². The number of rotatable bonds is 8. The van der Waals surface area contributed by atoms with Gasteiger partial charge in [0.25, 0.3) is 6.43 Å². The molecular formula is C20H18F2N3O3S-. The van der Waals surface area contributed by atoms with E-state index in [2.05, 4.69) is 10.4 Å². The first-order valence-corrected chi connectivity index (χ1v) is 9.91. The fraction of sp³-hybridized carbons (Fsp3) is 0.200. The lowest BCUT2D eigenvalue weighted by molar-refractivity contribution is -0.250. The van der Waals surface area contributed by atoms with E-state index in [1.807, 2.05) is 30.5 Å². The van der Waals surface area contributed by atoms with Gasteiger partial charge in [-0.05, 0) is 60.9 Å². The number of carbonyl (C=O) groups is 1. The molecule has 0 atom stereocenters. The Morgan fingerprint density at radius 3 is 2.48 bits per heavy atom. The highest BCUT2D eigenvalue weighted by Crippen LogP contribution is 2.30. The summed E-state index contributed by atoms with van der Waals surface area (Å²) in [5, 5.41) is 16.5. The first-order chi connectivity index (χ1) is 14.0. The summed E-state index contributed by atoms with van der Waals surface area (Å²) in [5.41, 5.74) is 1.60. The maximum Gasteiger partial charge on any atom is 0.282 e. The van der Waals surface area contributed by atoms with Crippen molar-refractivity contribution in [3.63, 3.8) is 0 Å². The molecule has 1 N–H and O–H groups in total. The van der Waals surface area contributed by atoms with E-state index in [0.29, 0.717) is 22.7 Å². The fourth-order valence-corrected chi connectivity index (χ4v) is 3.08. The second kappa shape index (κ2) is 9.42. The predicted molar refractivity (Wildman–Crippen MR) is 105 cm³/mol. The number of carbonyl (C=O) groups excluding carboxylic acids is 1. The molecule has 0 aliphatic heterocycles.